The number of hydrogen-bond donors (Lipinski definition) is 0. The van der Waals surface area contributed by atoms with E-state index in [9.17, 15) is 4.79 Å². The second-order valence-corrected chi connectivity index (χ2v) is 6.68. The van der Waals surface area contributed by atoms with E-state index in [-0.39, 0.29) is 11.9 Å². The second kappa shape index (κ2) is 6.08. The summed E-state index contributed by atoms with van der Waals surface area (Å²) in [4.78, 5) is 16.6. The van der Waals surface area contributed by atoms with Crippen molar-refractivity contribution in [1.82, 2.24) is 0 Å². The lowest BCUT2D eigenvalue weighted by atomic mass is 9.90. The molecule has 2 aromatic rings. The summed E-state index contributed by atoms with van der Waals surface area (Å²) in [5, 5.41) is 5.32. The summed E-state index contributed by atoms with van der Waals surface area (Å²) in [5.74, 6) is 0.183. The van der Waals surface area contributed by atoms with Crippen LogP contribution in [0.3, 0.4) is 0 Å². The van der Waals surface area contributed by atoms with Gasteiger partial charge in [0.25, 0.3) is 0 Å². The Morgan fingerprint density at radius 2 is 1.71 bits per heavy atom. The molecule has 1 aliphatic heterocycles. The zero-order valence-electron chi connectivity index (χ0n) is 12.6. The van der Waals surface area contributed by atoms with Crippen molar-refractivity contribution in [3.8, 4) is 0 Å². The van der Waals surface area contributed by atoms with Gasteiger partial charge in [-0.3, -0.25) is 4.79 Å². The molecule has 0 saturated heterocycles. The predicted octanol–water partition coefficient (Wildman–Crippen LogP) is 5.22. The summed E-state index contributed by atoms with van der Waals surface area (Å²) in [6, 6.07) is 13.4. The summed E-state index contributed by atoms with van der Waals surface area (Å²) in [6.07, 6.45) is 2.67. The molecule has 0 saturated carbocycles. The highest BCUT2D eigenvalue weighted by Gasteiger charge is 2.27. The third kappa shape index (κ3) is 2.74. The zero-order valence-corrected chi connectivity index (χ0v) is 14.1. The van der Waals surface area contributed by atoms with Crippen molar-refractivity contribution in [1.29, 1.82) is 0 Å². The summed E-state index contributed by atoms with van der Waals surface area (Å²) < 4.78 is 0. The average Bonchev–Trinajstić information content (AvgIpc) is 3.01. The standard InChI is InChI=1S/C19H13Cl2NO2/c20-15-2-1-3-16(21)19(15)17-10-18(24-22-17)12-6-4-11(5-7-12)13-8-14(23)9-13/h1-8,18H,9-10H2. The lowest BCUT2D eigenvalue weighted by Crippen LogP contribution is -2.07. The van der Waals surface area contributed by atoms with Gasteiger partial charge in [-0.25, -0.2) is 0 Å². The fourth-order valence-electron chi connectivity index (χ4n) is 2.93. The highest BCUT2D eigenvalue weighted by atomic mass is 35.5. The molecule has 4 rings (SSSR count). The van der Waals surface area contributed by atoms with Gasteiger partial charge >= 0.3 is 0 Å². The smallest absolute Gasteiger partial charge is 0.160 e. The first-order valence-corrected chi connectivity index (χ1v) is 8.38. The van der Waals surface area contributed by atoms with Gasteiger partial charge in [0.15, 0.2) is 11.9 Å². The number of oxime groups is 1. The fourth-order valence-corrected chi connectivity index (χ4v) is 3.54. The predicted molar refractivity (Wildman–Crippen MR) is 95.5 cm³/mol. The van der Waals surface area contributed by atoms with E-state index in [0.29, 0.717) is 22.9 Å². The maximum absolute atomic E-state index is 11.1. The lowest BCUT2D eigenvalue weighted by Gasteiger charge is -2.15. The van der Waals surface area contributed by atoms with E-state index in [1.807, 2.05) is 24.3 Å². The van der Waals surface area contributed by atoms with Crippen LogP contribution in [0.5, 0.6) is 0 Å². The maximum atomic E-state index is 11.1. The van der Waals surface area contributed by atoms with Gasteiger partial charge in [-0.2, -0.15) is 0 Å². The van der Waals surface area contributed by atoms with E-state index in [4.69, 9.17) is 28.0 Å². The number of carbonyl (C=O) groups is 1. The van der Waals surface area contributed by atoms with E-state index in [1.165, 1.54) is 0 Å². The third-order valence-electron chi connectivity index (χ3n) is 4.27. The summed E-state index contributed by atoms with van der Waals surface area (Å²) in [6.45, 7) is 0. The maximum Gasteiger partial charge on any atom is 0.160 e. The molecule has 5 heteroatoms. The Kier molecular flexibility index (Phi) is 3.91. The second-order valence-electron chi connectivity index (χ2n) is 5.87. The Morgan fingerprint density at radius 3 is 2.33 bits per heavy atom. The van der Waals surface area contributed by atoms with E-state index < -0.39 is 0 Å². The van der Waals surface area contributed by atoms with E-state index >= 15 is 0 Å². The summed E-state index contributed by atoms with van der Waals surface area (Å²) in [7, 11) is 0. The molecular formula is C19H13Cl2NO2. The van der Waals surface area contributed by atoms with Crippen LogP contribution in [0.1, 0.15) is 35.6 Å². The Balaban J connectivity index is 1.52. The lowest BCUT2D eigenvalue weighted by molar-refractivity contribution is -0.114. The number of allylic oxidation sites excluding steroid dienone is 2. The largest absolute Gasteiger partial charge is 0.387 e. The van der Waals surface area contributed by atoms with E-state index in [0.717, 1.165) is 28.0 Å². The van der Waals surface area contributed by atoms with Crippen LogP contribution in [0, 0.1) is 0 Å². The molecule has 1 heterocycles. The van der Waals surface area contributed by atoms with Crippen molar-refractivity contribution in [2.24, 2.45) is 5.16 Å². The van der Waals surface area contributed by atoms with Gasteiger partial charge in [0, 0.05) is 18.4 Å². The Labute approximate surface area is 149 Å². The van der Waals surface area contributed by atoms with Crippen molar-refractivity contribution >= 4 is 40.3 Å². The van der Waals surface area contributed by atoms with Gasteiger partial charge in [-0.05, 0) is 34.9 Å². The first kappa shape index (κ1) is 15.4. The third-order valence-corrected chi connectivity index (χ3v) is 4.90. The number of rotatable bonds is 3. The Hall–Kier alpha value is -2.10. The first-order valence-electron chi connectivity index (χ1n) is 7.62. The molecule has 120 valence electrons. The average molecular weight is 358 g/mol. The minimum atomic E-state index is -0.154. The molecule has 1 aliphatic carbocycles. The monoisotopic (exact) mass is 357 g/mol. The van der Waals surface area contributed by atoms with E-state index in [2.05, 4.69) is 5.16 Å². The molecule has 2 aromatic carbocycles. The minimum absolute atomic E-state index is 0.154. The van der Waals surface area contributed by atoms with Crippen molar-refractivity contribution in [2.45, 2.75) is 18.9 Å². The Bertz CT molecular complexity index is 864. The normalized spacial score (nSPS) is 19.4. The van der Waals surface area contributed by atoms with Crippen LogP contribution in [-0.2, 0) is 9.63 Å². The Morgan fingerprint density at radius 1 is 1.04 bits per heavy atom. The van der Waals surface area contributed by atoms with Crippen molar-refractivity contribution in [2.75, 3.05) is 0 Å². The highest BCUT2D eigenvalue weighted by molar-refractivity contribution is 6.40. The van der Waals surface area contributed by atoms with Crippen LogP contribution in [0.4, 0.5) is 0 Å². The molecule has 1 unspecified atom stereocenters. The molecule has 0 spiro atoms. The van der Waals surface area contributed by atoms with E-state index in [1.54, 1.807) is 24.3 Å². The van der Waals surface area contributed by atoms with Crippen LogP contribution < -0.4 is 0 Å². The molecular weight excluding hydrogens is 345 g/mol. The zero-order chi connectivity index (χ0) is 16.7. The van der Waals surface area contributed by atoms with Crippen molar-refractivity contribution < 1.29 is 9.63 Å². The first-order chi connectivity index (χ1) is 11.6. The molecule has 0 radical (unpaired) electrons. The van der Waals surface area contributed by atoms with Gasteiger partial charge in [0.2, 0.25) is 0 Å². The van der Waals surface area contributed by atoms with Gasteiger partial charge in [0.05, 0.1) is 15.8 Å². The number of nitrogens with zero attached hydrogens (tertiary/aromatic N) is 1. The number of ketones is 1. The molecule has 0 bridgehead atoms. The molecule has 0 N–H and O–H groups in total. The van der Waals surface area contributed by atoms with Crippen molar-refractivity contribution in [3.63, 3.8) is 0 Å². The number of benzene rings is 2. The molecule has 1 atom stereocenters. The topological polar surface area (TPSA) is 38.7 Å². The summed E-state index contributed by atoms with van der Waals surface area (Å²) in [5.41, 5.74) is 4.68. The number of halogens is 2. The van der Waals surface area contributed by atoms with Gasteiger partial charge in [0.1, 0.15) is 0 Å². The van der Waals surface area contributed by atoms with Crippen LogP contribution in [-0.4, -0.2) is 11.5 Å². The van der Waals surface area contributed by atoms with Gasteiger partial charge in [-0.15, -0.1) is 0 Å². The molecule has 0 fully saturated rings. The molecule has 0 aromatic heterocycles. The van der Waals surface area contributed by atoms with Gasteiger partial charge < -0.3 is 4.84 Å². The number of hydrogen-bond acceptors (Lipinski definition) is 3. The van der Waals surface area contributed by atoms with Crippen LogP contribution in [0.15, 0.2) is 53.7 Å². The molecule has 3 nitrogen and oxygen atoms in total. The van der Waals surface area contributed by atoms with Crippen molar-refractivity contribution in [3.05, 3.63) is 75.3 Å². The minimum Gasteiger partial charge on any atom is -0.387 e. The highest BCUT2D eigenvalue weighted by Crippen LogP contribution is 2.35. The molecule has 24 heavy (non-hydrogen) atoms. The van der Waals surface area contributed by atoms with Crippen LogP contribution >= 0.6 is 23.2 Å². The quantitative estimate of drug-likeness (QED) is 0.755. The summed E-state index contributed by atoms with van der Waals surface area (Å²) >= 11 is 12.5. The molecule has 0 amide bonds. The SMILES string of the molecule is O=C1C=C(c2ccc(C3CC(c4c(Cl)cccc4Cl)=NO3)cc2)C1. The molecule has 2 aliphatic rings. The van der Waals surface area contributed by atoms with Crippen LogP contribution in [0.25, 0.3) is 5.57 Å². The number of carbonyl (C=O) groups excluding carboxylic acids is 1. The van der Waals surface area contributed by atoms with Gasteiger partial charge in [-0.1, -0.05) is 58.7 Å². The fraction of sp³-hybridized carbons (Fsp3) is 0.158. The van der Waals surface area contributed by atoms with Crippen LogP contribution in [0.2, 0.25) is 10.0 Å².